The summed E-state index contributed by atoms with van der Waals surface area (Å²) < 4.78 is 5.67. The number of nitrogens with one attached hydrogen (secondary N) is 2. The third-order valence-corrected chi connectivity index (χ3v) is 4.65. The van der Waals surface area contributed by atoms with Crippen LogP contribution < -0.4 is 10.6 Å². The van der Waals surface area contributed by atoms with Crippen molar-refractivity contribution >= 4 is 0 Å². The van der Waals surface area contributed by atoms with Gasteiger partial charge < -0.3 is 15.4 Å². The van der Waals surface area contributed by atoms with E-state index in [9.17, 15) is 0 Å². The van der Waals surface area contributed by atoms with Crippen LogP contribution in [-0.2, 0) is 4.74 Å². The summed E-state index contributed by atoms with van der Waals surface area (Å²) in [4.78, 5) is 0. The van der Waals surface area contributed by atoms with Gasteiger partial charge in [-0.15, -0.1) is 0 Å². The molecule has 2 atom stereocenters. The second-order valence-corrected chi connectivity index (χ2v) is 7.83. The zero-order valence-corrected chi connectivity index (χ0v) is 13.4. The number of rotatable bonds is 3. The van der Waals surface area contributed by atoms with Gasteiger partial charge in [0.25, 0.3) is 0 Å². The van der Waals surface area contributed by atoms with Crippen molar-refractivity contribution in [2.24, 2.45) is 0 Å². The van der Waals surface area contributed by atoms with E-state index in [-0.39, 0.29) is 11.1 Å². The Balaban J connectivity index is 1.97. The number of ether oxygens (including phenoxy) is 1. The highest BCUT2D eigenvalue weighted by molar-refractivity contribution is 5.01. The van der Waals surface area contributed by atoms with Gasteiger partial charge in [-0.1, -0.05) is 12.8 Å². The van der Waals surface area contributed by atoms with Crippen LogP contribution in [0.25, 0.3) is 0 Å². The Hall–Kier alpha value is -0.120. The van der Waals surface area contributed by atoms with E-state index < -0.39 is 0 Å². The fourth-order valence-electron chi connectivity index (χ4n) is 4.31. The highest BCUT2D eigenvalue weighted by Gasteiger charge is 2.39. The average molecular weight is 268 g/mol. The molecule has 1 heterocycles. The SMILES string of the molecule is COC1CCCCC1NC1CC(C)(C)NC(C)(C)C1. The fourth-order valence-corrected chi connectivity index (χ4v) is 4.31. The van der Waals surface area contributed by atoms with E-state index in [0.717, 1.165) is 0 Å². The molecule has 112 valence electrons. The molecule has 2 unspecified atom stereocenters. The molecule has 2 aliphatic rings. The third-order valence-electron chi connectivity index (χ3n) is 4.65. The normalized spacial score (nSPS) is 35.2. The van der Waals surface area contributed by atoms with Crippen molar-refractivity contribution in [2.45, 2.75) is 95.5 Å². The Labute approximate surface area is 118 Å². The minimum Gasteiger partial charge on any atom is -0.380 e. The number of hydrogen-bond donors (Lipinski definition) is 2. The lowest BCUT2D eigenvalue weighted by atomic mass is 9.79. The first-order chi connectivity index (χ1) is 8.81. The Morgan fingerprint density at radius 1 is 1.00 bits per heavy atom. The van der Waals surface area contributed by atoms with E-state index in [1.54, 1.807) is 0 Å². The molecule has 19 heavy (non-hydrogen) atoms. The molecule has 3 heteroatoms. The summed E-state index contributed by atoms with van der Waals surface area (Å²) in [6, 6.07) is 1.15. The first-order valence-corrected chi connectivity index (χ1v) is 7.89. The molecule has 2 N–H and O–H groups in total. The van der Waals surface area contributed by atoms with Crippen LogP contribution in [0, 0.1) is 0 Å². The third kappa shape index (κ3) is 4.17. The zero-order valence-electron chi connectivity index (χ0n) is 13.4. The van der Waals surface area contributed by atoms with Gasteiger partial charge in [0, 0.05) is 30.3 Å². The van der Waals surface area contributed by atoms with Crippen LogP contribution in [0.2, 0.25) is 0 Å². The zero-order chi connectivity index (χ0) is 14.1. The summed E-state index contributed by atoms with van der Waals surface area (Å²) in [6.45, 7) is 9.27. The Morgan fingerprint density at radius 3 is 2.16 bits per heavy atom. The second-order valence-electron chi connectivity index (χ2n) is 7.83. The summed E-state index contributed by atoms with van der Waals surface area (Å²) in [6.07, 6.45) is 7.95. The van der Waals surface area contributed by atoms with Crippen LogP contribution in [0.3, 0.4) is 0 Å². The van der Waals surface area contributed by atoms with Crippen molar-refractivity contribution < 1.29 is 4.74 Å². The van der Waals surface area contributed by atoms with Crippen LogP contribution in [0.1, 0.15) is 66.2 Å². The summed E-state index contributed by atoms with van der Waals surface area (Å²) in [5.74, 6) is 0. The monoisotopic (exact) mass is 268 g/mol. The molecule has 1 saturated heterocycles. The lowest BCUT2D eigenvalue weighted by molar-refractivity contribution is 0.0288. The van der Waals surface area contributed by atoms with Gasteiger partial charge in [0.1, 0.15) is 0 Å². The van der Waals surface area contributed by atoms with E-state index in [1.165, 1.54) is 38.5 Å². The molecule has 3 nitrogen and oxygen atoms in total. The van der Waals surface area contributed by atoms with E-state index in [0.29, 0.717) is 18.2 Å². The lowest BCUT2D eigenvalue weighted by Crippen LogP contribution is -2.63. The maximum absolute atomic E-state index is 5.67. The molecule has 1 saturated carbocycles. The summed E-state index contributed by atoms with van der Waals surface area (Å²) in [5.41, 5.74) is 0.438. The molecule has 1 aliphatic heterocycles. The van der Waals surface area contributed by atoms with Crippen molar-refractivity contribution in [3.8, 4) is 0 Å². The van der Waals surface area contributed by atoms with E-state index in [1.807, 2.05) is 7.11 Å². The molecule has 0 amide bonds. The van der Waals surface area contributed by atoms with Gasteiger partial charge in [0.2, 0.25) is 0 Å². The van der Waals surface area contributed by atoms with Crippen molar-refractivity contribution in [3.05, 3.63) is 0 Å². The summed E-state index contributed by atoms with van der Waals surface area (Å²) in [7, 11) is 1.86. The van der Waals surface area contributed by atoms with Crippen LogP contribution >= 0.6 is 0 Å². The molecule has 0 bridgehead atoms. The molecule has 0 aromatic carbocycles. The van der Waals surface area contributed by atoms with Crippen LogP contribution in [0.15, 0.2) is 0 Å². The standard InChI is InChI=1S/C16H32N2O/c1-15(2)10-12(11-16(3,4)18-15)17-13-8-6-7-9-14(13)19-5/h12-14,17-18H,6-11H2,1-5H3. The fraction of sp³-hybridized carbons (Fsp3) is 1.00. The Bertz CT molecular complexity index is 285. The van der Waals surface area contributed by atoms with Gasteiger partial charge in [-0.3, -0.25) is 0 Å². The van der Waals surface area contributed by atoms with Crippen molar-refractivity contribution in [2.75, 3.05) is 7.11 Å². The van der Waals surface area contributed by atoms with Crippen LogP contribution in [0.5, 0.6) is 0 Å². The smallest absolute Gasteiger partial charge is 0.0724 e. The van der Waals surface area contributed by atoms with Gasteiger partial charge >= 0.3 is 0 Å². The maximum atomic E-state index is 5.67. The van der Waals surface area contributed by atoms with E-state index >= 15 is 0 Å². The maximum Gasteiger partial charge on any atom is 0.0724 e. The minimum atomic E-state index is 0.219. The minimum absolute atomic E-state index is 0.219. The molecule has 0 spiro atoms. The Morgan fingerprint density at radius 2 is 1.58 bits per heavy atom. The predicted molar refractivity (Wildman–Crippen MR) is 80.5 cm³/mol. The first-order valence-electron chi connectivity index (χ1n) is 7.89. The quantitative estimate of drug-likeness (QED) is 0.826. The second kappa shape index (κ2) is 5.71. The number of methoxy groups -OCH3 is 1. The summed E-state index contributed by atoms with van der Waals surface area (Å²) >= 11 is 0. The highest BCUT2D eigenvalue weighted by Crippen LogP contribution is 2.30. The first kappa shape index (κ1) is 15.3. The Kier molecular flexibility index (Phi) is 4.59. The average Bonchev–Trinajstić information content (AvgIpc) is 2.25. The van der Waals surface area contributed by atoms with Crippen molar-refractivity contribution in [3.63, 3.8) is 0 Å². The lowest BCUT2D eigenvalue weighted by Gasteiger charge is -2.48. The highest BCUT2D eigenvalue weighted by atomic mass is 16.5. The predicted octanol–water partition coefficient (Wildman–Crippen LogP) is 2.84. The van der Waals surface area contributed by atoms with Gasteiger partial charge in [-0.2, -0.15) is 0 Å². The molecule has 2 fully saturated rings. The number of piperidine rings is 1. The van der Waals surface area contributed by atoms with Crippen molar-refractivity contribution in [1.29, 1.82) is 0 Å². The van der Waals surface area contributed by atoms with Crippen LogP contribution in [-0.4, -0.2) is 36.4 Å². The van der Waals surface area contributed by atoms with Gasteiger partial charge in [-0.05, 0) is 53.4 Å². The van der Waals surface area contributed by atoms with Crippen molar-refractivity contribution in [1.82, 2.24) is 10.6 Å². The van der Waals surface area contributed by atoms with Gasteiger partial charge in [0.15, 0.2) is 0 Å². The van der Waals surface area contributed by atoms with E-state index in [2.05, 4.69) is 38.3 Å². The van der Waals surface area contributed by atoms with E-state index in [4.69, 9.17) is 4.74 Å². The molecular weight excluding hydrogens is 236 g/mol. The molecule has 1 aliphatic carbocycles. The van der Waals surface area contributed by atoms with Gasteiger partial charge in [-0.25, -0.2) is 0 Å². The molecule has 0 aromatic heterocycles. The summed E-state index contributed by atoms with van der Waals surface area (Å²) in [5, 5.41) is 7.66. The molecule has 0 radical (unpaired) electrons. The topological polar surface area (TPSA) is 33.3 Å². The van der Waals surface area contributed by atoms with Gasteiger partial charge in [0.05, 0.1) is 6.10 Å². The largest absolute Gasteiger partial charge is 0.380 e. The van der Waals surface area contributed by atoms with Crippen LogP contribution in [0.4, 0.5) is 0 Å². The number of hydrogen-bond acceptors (Lipinski definition) is 3. The molecule has 2 rings (SSSR count). The molecular formula is C16H32N2O. The molecule has 0 aromatic rings.